The van der Waals surface area contributed by atoms with E-state index in [1.165, 1.54) is 7.11 Å². The summed E-state index contributed by atoms with van der Waals surface area (Å²) in [5.41, 5.74) is 2.02. The minimum Gasteiger partial charge on any atom is -0.494 e. The van der Waals surface area contributed by atoms with Gasteiger partial charge in [0.25, 0.3) is 0 Å². The molecule has 3 rings (SSSR count). The second kappa shape index (κ2) is 9.98. The van der Waals surface area contributed by atoms with E-state index in [0.717, 1.165) is 0 Å². The summed E-state index contributed by atoms with van der Waals surface area (Å²) >= 11 is 18.2. The van der Waals surface area contributed by atoms with Gasteiger partial charge < -0.3 is 19.7 Å². The molecule has 10 heteroatoms. The molecule has 1 atom stereocenters. The Labute approximate surface area is 200 Å². The van der Waals surface area contributed by atoms with Gasteiger partial charge in [0.1, 0.15) is 23.5 Å². The summed E-state index contributed by atoms with van der Waals surface area (Å²) in [7, 11) is 1.47. The Bertz CT molecular complexity index is 1180. The third-order valence-electron chi connectivity index (χ3n) is 4.84. The van der Waals surface area contributed by atoms with Crippen LogP contribution in [0.5, 0.6) is 5.75 Å². The summed E-state index contributed by atoms with van der Waals surface area (Å²) in [5.74, 6) is -0.769. The first kappa shape index (κ1) is 24.2. The lowest BCUT2D eigenvalue weighted by Crippen LogP contribution is -2.22. The first-order chi connectivity index (χ1) is 15.2. The molecule has 1 unspecified atom stereocenters. The molecule has 2 aromatic carbocycles. The molecule has 0 spiro atoms. The number of nitrogens with one attached hydrogen (secondary N) is 1. The minimum atomic E-state index is -0.995. The van der Waals surface area contributed by atoms with E-state index in [-0.39, 0.29) is 22.7 Å². The molecule has 0 saturated heterocycles. The first-order valence-electron chi connectivity index (χ1n) is 9.80. The number of alkyl halides is 1. The molecule has 2 N–H and O–H groups in total. The van der Waals surface area contributed by atoms with Crippen LogP contribution in [-0.2, 0) is 9.59 Å². The summed E-state index contributed by atoms with van der Waals surface area (Å²) in [4.78, 5) is 28.7. The predicted octanol–water partition coefficient (Wildman–Crippen LogP) is 5.87. The summed E-state index contributed by atoms with van der Waals surface area (Å²) in [5, 5.41) is 13.4. The zero-order valence-electron chi connectivity index (χ0n) is 17.7. The molecule has 0 radical (unpaired) electrons. The van der Waals surface area contributed by atoms with Crippen molar-refractivity contribution in [3.8, 4) is 17.1 Å². The van der Waals surface area contributed by atoms with Gasteiger partial charge in [-0.3, -0.25) is 4.79 Å². The Morgan fingerprint density at radius 2 is 1.94 bits per heavy atom. The van der Waals surface area contributed by atoms with Crippen LogP contribution in [0.25, 0.3) is 22.4 Å². The van der Waals surface area contributed by atoms with Gasteiger partial charge in [0, 0.05) is 10.7 Å². The van der Waals surface area contributed by atoms with Crippen molar-refractivity contribution in [3.63, 3.8) is 0 Å². The van der Waals surface area contributed by atoms with Crippen LogP contribution in [0.15, 0.2) is 30.3 Å². The van der Waals surface area contributed by atoms with Gasteiger partial charge in [-0.15, -0.1) is 11.6 Å². The molecule has 0 aliphatic rings. The predicted molar refractivity (Wildman–Crippen MR) is 127 cm³/mol. The number of aromatic nitrogens is 2. The summed E-state index contributed by atoms with van der Waals surface area (Å²) in [6.07, 6.45) is 0.370. The molecule has 0 fully saturated rings. The van der Waals surface area contributed by atoms with E-state index >= 15 is 0 Å². The highest BCUT2D eigenvalue weighted by atomic mass is 35.5. The molecular formula is C22H22Cl3N3O4. The number of fused-ring (bicyclic) bond motifs is 1. The largest absolute Gasteiger partial charge is 0.494 e. The van der Waals surface area contributed by atoms with Crippen molar-refractivity contribution in [3.05, 3.63) is 40.4 Å². The second-order valence-electron chi connectivity index (χ2n) is 7.64. The molecule has 170 valence electrons. The van der Waals surface area contributed by atoms with Gasteiger partial charge in [-0.2, -0.15) is 0 Å². The third-order valence-corrected chi connectivity index (χ3v) is 5.58. The normalized spacial score (nSPS) is 12.2. The minimum absolute atomic E-state index is 0.105. The van der Waals surface area contributed by atoms with E-state index in [2.05, 4.69) is 5.32 Å². The smallest absolute Gasteiger partial charge is 0.326 e. The SMILES string of the molecule is COc1c(Cl)cc(Cl)cc1-c1nc2cc(NC(=O)CCl)ccc2n1C(CC(C)C)C(=O)O. The molecule has 32 heavy (non-hydrogen) atoms. The number of carboxylic acids is 1. The van der Waals surface area contributed by atoms with Crippen molar-refractivity contribution in [2.24, 2.45) is 5.92 Å². The van der Waals surface area contributed by atoms with E-state index < -0.39 is 12.0 Å². The van der Waals surface area contributed by atoms with Crippen LogP contribution >= 0.6 is 34.8 Å². The molecule has 0 saturated carbocycles. The third kappa shape index (κ3) is 4.95. The molecule has 3 aromatic rings. The molecular weight excluding hydrogens is 477 g/mol. The fraction of sp³-hybridized carbons (Fsp3) is 0.318. The van der Waals surface area contributed by atoms with Crippen LogP contribution in [0.2, 0.25) is 10.0 Å². The molecule has 0 aliphatic heterocycles. The Balaban J connectivity index is 2.33. The number of methoxy groups -OCH3 is 1. The molecule has 0 bridgehead atoms. The maximum atomic E-state index is 12.3. The van der Waals surface area contributed by atoms with Crippen LogP contribution in [-0.4, -0.2) is 39.5 Å². The van der Waals surface area contributed by atoms with Gasteiger partial charge in [-0.05, 0) is 42.7 Å². The number of hydrogen-bond acceptors (Lipinski definition) is 4. The van der Waals surface area contributed by atoms with Crippen molar-refractivity contribution in [1.29, 1.82) is 0 Å². The Morgan fingerprint density at radius 1 is 1.22 bits per heavy atom. The van der Waals surface area contributed by atoms with Crippen molar-refractivity contribution >= 4 is 63.4 Å². The maximum Gasteiger partial charge on any atom is 0.326 e. The fourth-order valence-corrected chi connectivity index (χ4v) is 4.21. The average Bonchev–Trinajstić information content (AvgIpc) is 3.09. The van der Waals surface area contributed by atoms with Crippen LogP contribution in [0.4, 0.5) is 5.69 Å². The monoisotopic (exact) mass is 497 g/mol. The highest BCUT2D eigenvalue weighted by Gasteiger charge is 2.29. The van der Waals surface area contributed by atoms with Gasteiger partial charge >= 0.3 is 5.97 Å². The molecule has 0 aliphatic carbocycles. The zero-order valence-corrected chi connectivity index (χ0v) is 19.9. The summed E-state index contributed by atoms with van der Waals surface area (Å²) in [6, 6.07) is 7.32. The number of anilines is 1. The number of hydrogen-bond donors (Lipinski definition) is 2. The van der Waals surface area contributed by atoms with E-state index in [1.807, 2.05) is 13.8 Å². The Hall–Kier alpha value is -2.48. The fourth-order valence-electron chi connectivity index (χ4n) is 3.57. The number of carboxylic acid groups (broad SMARTS) is 1. The van der Waals surface area contributed by atoms with Crippen molar-refractivity contribution in [2.75, 3.05) is 18.3 Å². The Morgan fingerprint density at radius 3 is 2.53 bits per heavy atom. The number of carbonyl (C=O) groups excluding carboxylic acids is 1. The zero-order chi connectivity index (χ0) is 23.6. The number of amides is 1. The van der Waals surface area contributed by atoms with E-state index in [0.29, 0.717) is 45.3 Å². The lowest BCUT2D eigenvalue weighted by molar-refractivity contribution is -0.141. The van der Waals surface area contributed by atoms with Crippen molar-refractivity contribution in [2.45, 2.75) is 26.3 Å². The van der Waals surface area contributed by atoms with Crippen molar-refractivity contribution < 1.29 is 19.4 Å². The molecule has 1 amide bonds. The van der Waals surface area contributed by atoms with E-state index in [1.54, 1.807) is 34.9 Å². The van der Waals surface area contributed by atoms with Crippen LogP contribution < -0.4 is 10.1 Å². The number of rotatable bonds is 8. The number of carbonyl (C=O) groups is 2. The van der Waals surface area contributed by atoms with E-state index in [9.17, 15) is 14.7 Å². The number of halogens is 3. The highest BCUT2D eigenvalue weighted by Crippen LogP contribution is 2.41. The van der Waals surface area contributed by atoms with Gasteiger partial charge in [0.15, 0.2) is 0 Å². The Kier molecular flexibility index (Phi) is 7.54. The van der Waals surface area contributed by atoms with Crippen LogP contribution in [0, 0.1) is 5.92 Å². The number of imidazole rings is 1. The van der Waals surface area contributed by atoms with Gasteiger partial charge in [-0.1, -0.05) is 37.0 Å². The lowest BCUT2D eigenvalue weighted by atomic mass is 10.0. The number of ether oxygens (including phenoxy) is 1. The highest BCUT2D eigenvalue weighted by molar-refractivity contribution is 6.36. The number of nitrogens with zero attached hydrogens (tertiary/aromatic N) is 2. The standard InChI is InChI=1S/C22H22Cl3N3O4/c1-11(2)6-18(22(30)31)28-17-5-4-13(26-19(29)10-23)9-16(17)27-21(28)14-7-12(24)8-15(25)20(14)32-3/h4-5,7-9,11,18H,6,10H2,1-3H3,(H,26,29)(H,30,31). The maximum absolute atomic E-state index is 12.3. The second-order valence-corrected chi connectivity index (χ2v) is 8.75. The van der Waals surface area contributed by atoms with Crippen LogP contribution in [0.3, 0.4) is 0 Å². The average molecular weight is 499 g/mol. The number of benzene rings is 2. The van der Waals surface area contributed by atoms with Crippen molar-refractivity contribution in [1.82, 2.24) is 9.55 Å². The van der Waals surface area contributed by atoms with Gasteiger partial charge in [0.2, 0.25) is 5.91 Å². The van der Waals surface area contributed by atoms with Gasteiger partial charge in [-0.25, -0.2) is 9.78 Å². The molecule has 1 heterocycles. The van der Waals surface area contributed by atoms with E-state index in [4.69, 9.17) is 44.5 Å². The topological polar surface area (TPSA) is 93.5 Å². The summed E-state index contributed by atoms with van der Waals surface area (Å²) < 4.78 is 7.13. The lowest BCUT2D eigenvalue weighted by Gasteiger charge is -2.21. The quantitative estimate of drug-likeness (QED) is 0.379. The van der Waals surface area contributed by atoms with Crippen LogP contribution in [0.1, 0.15) is 26.3 Å². The van der Waals surface area contributed by atoms with Gasteiger partial charge in [0.05, 0.1) is 28.7 Å². The molecule has 1 aromatic heterocycles. The summed E-state index contributed by atoms with van der Waals surface area (Å²) in [6.45, 7) is 3.90. The molecule has 7 nitrogen and oxygen atoms in total. The number of aliphatic carboxylic acids is 1. The first-order valence-corrected chi connectivity index (χ1v) is 11.1.